The second kappa shape index (κ2) is 6.03. The van der Waals surface area contributed by atoms with Gasteiger partial charge in [-0.1, -0.05) is 22.0 Å². The molecular weight excluding hydrogens is 361 g/mol. The van der Waals surface area contributed by atoms with Crippen LogP contribution in [0.2, 0.25) is 0 Å². The Hall–Kier alpha value is -1.60. The summed E-state index contributed by atoms with van der Waals surface area (Å²) in [7, 11) is -2.45. The van der Waals surface area contributed by atoms with Gasteiger partial charge in [-0.25, -0.2) is 12.8 Å². The summed E-state index contributed by atoms with van der Waals surface area (Å²) >= 11 is 3.24. The number of benzene rings is 2. The van der Waals surface area contributed by atoms with Crippen LogP contribution in [-0.4, -0.2) is 15.5 Å². The lowest BCUT2D eigenvalue weighted by atomic mass is 10.2. The molecule has 0 aliphatic heterocycles. The van der Waals surface area contributed by atoms with Crippen molar-refractivity contribution in [2.75, 3.05) is 11.8 Å². The van der Waals surface area contributed by atoms with Crippen molar-refractivity contribution >= 4 is 31.6 Å². The van der Waals surface area contributed by atoms with Crippen LogP contribution in [0.4, 0.5) is 10.1 Å². The number of anilines is 1. The number of rotatable bonds is 4. The fourth-order valence-corrected chi connectivity index (χ4v) is 3.63. The predicted molar refractivity (Wildman–Crippen MR) is 82.6 cm³/mol. The molecule has 0 aliphatic carbocycles. The Morgan fingerprint density at radius 1 is 1.19 bits per heavy atom. The van der Waals surface area contributed by atoms with E-state index < -0.39 is 15.8 Å². The fourth-order valence-electron chi connectivity index (χ4n) is 1.80. The minimum atomic E-state index is -3.76. The van der Waals surface area contributed by atoms with Gasteiger partial charge in [0.05, 0.1) is 17.7 Å². The van der Waals surface area contributed by atoms with Crippen LogP contribution in [0, 0.1) is 12.7 Å². The van der Waals surface area contributed by atoms with Crippen LogP contribution in [-0.2, 0) is 10.0 Å². The second-order valence-corrected chi connectivity index (χ2v) is 6.93. The van der Waals surface area contributed by atoms with Gasteiger partial charge in [-0.2, -0.15) is 0 Å². The molecule has 0 saturated heterocycles. The Morgan fingerprint density at radius 2 is 1.90 bits per heavy atom. The average Bonchev–Trinajstić information content (AvgIpc) is 2.43. The Morgan fingerprint density at radius 3 is 2.57 bits per heavy atom. The number of sulfonamides is 1. The summed E-state index contributed by atoms with van der Waals surface area (Å²) in [6.07, 6.45) is 0. The molecular formula is C14H13BrFNO3S. The van der Waals surface area contributed by atoms with Crippen molar-refractivity contribution in [1.82, 2.24) is 0 Å². The van der Waals surface area contributed by atoms with Gasteiger partial charge in [0.1, 0.15) is 0 Å². The van der Waals surface area contributed by atoms with E-state index in [-0.39, 0.29) is 16.3 Å². The van der Waals surface area contributed by atoms with Crippen molar-refractivity contribution in [3.05, 3.63) is 52.3 Å². The molecule has 0 radical (unpaired) electrons. The monoisotopic (exact) mass is 373 g/mol. The molecule has 21 heavy (non-hydrogen) atoms. The minimum absolute atomic E-state index is 0.0267. The van der Waals surface area contributed by atoms with Crippen molar-refractivity contribution in [2.45, 2.75) is 11.8 Å². The first-order valence-corrected chi connectivity index (χ1v) is 8.23. The highest BCUT2D eigenvalue weighted by Gasteiger charge is 2.18. The summed E-state index contributed by atoms with van der Waals surface area (Å²) in [4.78, 5) is 0.153. The first-order chi connectivity index (χ1) is 9.83. The van der Waals surface area contributed by atoms with Crippen LogP contribution in [0.15, 0.2) is 45.8 Å². The van der Waals surface area contributed by atoms with E-state index in [4.69, 9.17) is 4.74 Å². The predicted octanol–water partition coefficient (Wildman–Crippen LogP) is 3.71. The lowest BCUT2D eigenvalue weighted by molar-refractivity contribution is 0.387. The zero-order valence-electron chi connectivity index (χ0n) is 11.4. The molecule has 0 fully saturated rings. The quantitative estimate of drug-likeness (QED) is 0.888. The van der Waals surface area contributed by atoms with Gasteiger partial charge in [-0.15, -0.1) is 0 Å². The third-order valence-electron chi connectivity index (χ3n) is 2.84. The molecule has 0 heterocycles. The molecule has 0 spiro atoms. The maximum absolute atomic E-state index is 13.3. The SMILES string of the molecule is COc1cc(NS(=O)(=O)c2cc(Br)ccc2C)ccc1F. The minimum Gasteiger partial charge on any atom is -0.494 e. The lowest BCUT2D eigenvalue weighted by Crippen LogP contribution is -2.14. The Kier molecular flexibility index (Phi) is 4.53. The molecule has 0 saturated carbocycles. The van der Waals surface area contributed by atoms with Crippen LogP contribution >= 0.6 is 15.9 Å². The van der Waals surface area contributed by atoms with Crippen molar-refractivity contribution in [2.24, 2.45) is 0 Å². The standard InChI is InChI=1S/C14H13BrFNO3S/c1-9-3-4-10(15)7-14(9)21(18,19)17-11-5-6-12(16)13(8-11)20-2/h3-8,17H,1-2H3. The summed E-state index contributed by atoms with van der Waals surface area (Å²) in [5.41, 5.74) is 0.840. The van der Waals surface area contributed by atoms with E-state index in [2.05, 4.69) is 20.7 Å². The molecule has 0 bridgehead atoms. The third kappa shape index (κ3) is 3.54. The molecule has 0 atom stereocenters. The normalized spacial score (nSPS) is 11.2. The van der Waals surface area contributed by atoms with Gasteiger partial charge in [0, 0.05) is 10.5 Å². The molecule has 7 heteroatoms. The average molecular weight is 374 g/mol. The lowest BCUT2D eigenvalue weighted by Gasteiger charge is -2.12. The number of ether oxygens (including phenoxy) is 1. The number of hydrogen-bond donors (Lipinski definition) is 1. The van der Waals surface area contributed by atoms with Gasteiger partial charge in [0.25, 0.3) is 10.0 Å². The number of hydrogen-bond acceptors (Lipinski definition) is 3. The Balaban J connectivity index is 2.40. The first kappa shape index (κ1) is 15.8. The topological polar surface area (TPSA) is 55.4 Å². The summed E-state index contributed by atoms with van der Waals surface area (Å²) in [5.74, 6) is -0.583. The first-order valence-electron chi connectivity index (χ1n) is 5.96. The van der Waals surface area contributed by atoms with Crippen molar-refractivity contribution in [1.29, 1.82) is 0 Å². The molecule has 2 aromatic carbocycles. The fraction of sp³-hybridized carbons (Fsp3) is 0.143. The summed E-state index contributed by atoms with van der Waals surface area (Å²) in [6.45, 7) is 1.70. The highest BCUT2D eigenvalue weighted by atomic mass is 79.9. The molecule has 0 unspecified atom stereocenters. The molecule has 4 nitrogen and oxygen atoms in total. The number of aryl methyl sites for hydroxylation is 1. The zero-order chi connectivity index (χ0) is 15.6. The highest BCUT2D eigenvalue weighted by Crippen LogP contribution is 2.26. The highest BCUT2D eigenvalue weighted by molar-refractivity contribution is 9.10. The van der Waals surface area contributed by atoms with Crippen molar-refractivity contribution < 1.29 is 17.5 Å². The van der Waals surface area contributed by atoms with E-state index in [0.717, 1.165) is 6.07 Å². The number of halogens is 2. The van der Waals surface area contributed by atoms with Gasteiger partial charge in [-0.05, 0) is 36.8 Å². The zero-order valence-corrected chi connectivity index (χ0v) is 13.8. The maximum Gasteiger partial charge on any atom is 0.262 e. The number of nitrogens with one attached hydrogen (secondary N) is 1. The van der Waals surface area contributed by atoms with E-state index in [9.17, 15) is 12.8 Å². The Labute approximate surface area is 131 Å². The summed E-state index contributed by atoms with van der Waals surface area (Å²) < 4.78 is 46.0. The van der Waals surface area contributed by atoms with Crippen LogP contribution in [0.5, 0.6) is 5.75 Å². The van der Waals surface area contributed by atoms with E-state index in [1.165, 1.54) is 25.3 Å². The third-order valence-corrected chi connectivity index (χ3v) is 4.86. The molecule has 0 amide bonds. The smallest absolute Gasteiger partial charge is 0.262 e. The van der Waals surface area contributed by atoms with E-state index in [0.29, 0.717) is 10.0 Å². The Bertz CT molecular complexity index is 778. The molecule has 112 valence electrons. The molecule has 0 aromatic heterocycles. The van der Waals surface area contributed by atoms with Crippen LogP contribution in [0.1, 0.15) is 5.56 Å². The summed E-state index contributed by atoms with van der Waals surface area (Å²) in [5, 5.41) is 0. The maximum atomic E-state index is 13.3. The van der Waals surface area contributed by atoms with E-state index >= 15 is 0 Å². The van der Waals surface area contributed by atoms with E-state index in [1.807, 2.05) is 0 Å². The molecule has 2 aromatic rings. The summed E-state index contributed by atoms with van der Waals surface area (Å²) in [6, 6.07) is 8.74. The molecule has 1 N–H and O–H groups in total. The van der Waals surface area contributed by atoms with E-state index in [1.54, 1.807) is 19.1 Å². The van der Waals surface area contributed by atoms with Crippen LogP contribution < -0.4 is 9.46 Å². The van der Waals surface area contributed by atoms with Crippen LogP contribution in [0.25, 0.3) is 0 Å². The van der Waals surface area contributed by atoms with Crippen molar-refractivity contribution in [3.8, 4) is 5.75 Å². The second-order valence-electron chi connectivity index (χ2n) is 4.36. The van der Waals surface area contributed by atoms with Crippen molar-refractivity contribution in [3.63, 3.8) is 0 Å². The molecule has 2 rings (SSSR count). The number of methoxy groups -OCH3 is 1. The largest absolute Gasteiger partial charge is 0.494 e. The molecule has 0 aliphatic rings. The van der Waals surface area contributed by atoms with Crippen LogP contribution in [0.3, 0.4) is 0 Å². The van der Waals surface area contributed by atoms with Gasteiger partial charge < -0.3 is 4.74 Å². The van der Waals surface area contributed by atoms with Gasteiger partial charge >= 0.3 is 0 Å². The van der Waals surface area contributed by atoms with Gasteiger partial charge in [0.15, 0.2) is 11.6 Å². The van der Waals surface area contributed by atoms with Gasteiger partial charge in [0.2, 0.25) is 0 Å². The van der Waals surface area contributed by atoms with Gasteiger partial charge in [-0.3, -0.25) is 4.72 Å².